The Bertz CT molecular complexity index is 791. The van der Waals surface area contributed by atoms with Crippen molar-refractivity contribution >= 4 is 23.7 Å². The SMILES string of the molecule is CCCCCCCCOc1ccc(/C=N/NC(=O)c2ccc(Cl)cc2)cc1OC. The average Bonchev–Trinajstić information content (AvgIpc) is 2.74. The summed E-state index contributed by atoms with van der Waals surface area (Å²) in [5, 5.41) is 4.58. The van der Waals surface area contributed by atoms with Crippen LogP contribution in [0, 0.1) is 0 Å². The number of unbranched alkanes of at least 4 members (excludes halogenated alkanes) is 5. The van der Waals surface area contributed by atoms with Crippen LogP contribution < -0.4 is 14.9 Å². The molecule has 156 valence electrons. The molecule has 0 bridgehead atoms. The van der Waals surface area contributed by atoms with Crippen molar-refractivity contribution in [1.82, 2.24) is 5.43 Å². The summed E-state index contributed by atoms with van der Waals surface area (Å²) in [6, 6.07) is 12.2. The van der Waals surface area contributed by atoms with E-state index in [0.29, 0.717) is 28.7 Å². The molecule has 0 saturated carbocycles. The summed E-state index contributed by atoms with van der Waals surface area (Å²) >= 11 is 5.82. The highest BCUT2D eigenvalue weighted by atomic mass is 35.5. The van der Waals surface area contributed by atoms with Crippen LogP contribution in [-0.4, -0.2) is 25.8 Å². The molecule has 1 N–H and O–H groups in total. The molecule has 0 saturated heterocycles. The van der Waals surface area contributed by atoms with Gasteiger partial charge in [0.2, 0.25) is 0 Å². The Kier molecular flexibility index (Phi) is 10.1. The van der Waals surface area contributed by atoms with Gasteiger partial charge in [-0.05, 0) is 54.4 Å². The Morgan fingerprint density at radius 1 is 1.03 bits per heavy atom. The summed E-state index contributed by atoms with van der Waals surface area (Å²) < 4.78 is 11.3. The molecule has 0 spiro atoms. The number of carbonyl (C=O) groups is 1. The lowest BCUT2D eigenvalue weighted by atomic mass is 10.1. The monoisotopic (exact) mass is 416 g/mol. The van der Waals surface area contributed by atoms with Crippen LogP contribution in [0.25, 0.3) is 0 Å². The van der Waals surface area contributed by atoms with E-state index in [0.717, 1.165) is 12.0 Å². The third kappa shape index (κ3) is 8.16. The number of hydrazone groups is 1. The summed E-state index contributed by atoms with van der Waals surface area (Å²) in [5.74, 6) is 1.05. The number of methoxy groups -OCH3 is 1. The first-order valence-electron chi connectivity index (χ1n) is 10.0. The number of halogens is 1. The number of amides is 1. The van der Waals surface area contributed by atoms with Crippen molar-refractivity contribution in [2.45, 2.75) is 45.4 Å². The second-order valence-corrected chi connectivity index (χ2v) is 7.17. The molecular weight excluding hydrogens is 388 g/mol. The fourth-order valence-corrected chi connectivity index (χ4v) is 2.91. The van der Waals surface area contributed by atoms with E-state index in [1.807, 2.05) is 18.2 Å². The van der Waals surface area contributed by atoms with E-state index in [2.05, 4.69) is 17.5 Å². The molecule has 6 heteroatoms. The molecule has 1 amide bonds. The maximum atomic E-state index is 12.0. The Balaban J connectivity index is 1.83. The van der Waals surface area contributed by atoms with Gasteiger partial charge in [-0.15, -0.1) is 0 Å². The molecular formula is C23H29ClN2O3. The highest BCUT2D eigenvalue weighted by molar-refractivity contribution is 6.30. The summed E-state index contributed by atoms with van der Waals surface area (Å²) in [6.45, 7) is 2.89. The summed E-state index contributed by atoms with van der Waals surface area (Å²) in [5.41, 5.74) is 3.78. The first-order chi connectivity index (χ1) is 14.1. The molecule has 2 rings (SSSR count). The smallest absolute Gasteiger partial charge is 0.271 e. The predicted molar refractivity (Wildman–Crippen MR) is 118 cm³/mol. The number of rotatable bonds is 12. The van der Waals surface area contributed by atoms with Gasteiger partial charge in [0, 0.05) is 10.6 Å². The van der Waals surface area contributed by atoms with Crippen LogP contribution in [0.4, 0.5) is 0 Å². The van der Waals surface area contributed by atoms with Crippen LogP contribution in [0.3, 0.4) is 0 Å². The van der Waals surface area contributed by atoms with Gasteiger partial charge in [-0.1, -0.05) is 50.6 Å². The Morgan fingerprint density at radius 2 is 1.76 bits per heavy atom. The van der Waals surface area contributed by atoms with Gasteiger partial charge in [0.1, 0.15) is 0 Å². The van der Waals surface area contributed by atoms with Gasteiger partial charge >= 0.3 is 0 Å². The maximum Gasteiger partial charge on any atom is 0.271 e. The summed E-state index contributed by atoms with van der Waals surface area (Å²) in [7, 11) is 1.61. The van der Waals surface area contributed by atoms with Gasteiger partial charge < -0.3 is 9.47 Å². The number of ether oxygens (including phenoxy) is 2. The molecule has 0 fully saturated rings. The minimum atomic E-state index is -0.302. The van der Waals surface area contributed by atoms with Gasteiger partial charge in [0.05, 0.1) is 19.9 Å². The van der Waals surface area contributed by atoms with Crippen molar-refractivity contribution in [2.24, 2.45) is 5.10 Å². The van der Waals surface area contributed by atoms with E-state index in [1.165, 1.54) is 32.1 Å². The summed E-state index contributed by atoms with van der Waals surface area (Å²) in [6.07, 6.45) is 8.89. The molecule has 0 unspecified atom stereocenters. The first kappa shape index (κ1) is 22.8. The minimum Gasteiger partial charge on any atom is -0.493 e. The molecule has 29 heavy (non-hydrogen) atoms. The number of hydrogen-bond acceptors (Lipinski definition) is 4. The Morgan fingerprint density at radius 3 is 2.48 bits per heavy atom. The zero-order chi connectivity index (χ0) is 20.9. The van der Waals surface area contributed by atoms with Crippen molar-refractivity contribution in [3.8, 4) is 11.5 Å². The number of nitrogens with one attached hydrogen (secondary N) is 1. The van der Waals surface area contributed by atoms with Gasteiger partial charge in [0.25, 0.3) is 5.91 Å². The van der Waals surface area contributed by atoms with Gasteiger partial charge in [-0.25, -0.2) is 5.43 Å². The van der Waals surface area contributed by atoms with Gasteiger partial charge in [-0.2, -0.15) is 5.10 Å². The largest absolute Gasteiger partial charge is 0.493 e. The van der Waals surface area contributed by atoms with E-state index >= 15 is 0 Å². The topological polar surface area (TPSA) is 59.9 Å². The number of carbonyl (C=O) groups excluding carboxylic acids is 1. The molecule has 0 heterocycles. The van der Waals surface area contributed by atoms with Crippen LogP contribution in [0.2, 0.25) is 5.02 Å². The molecule has 0 aliphatic heterocycles. The second-order valence-electron chi connectivity index (χ2n) is 6.73. The average molecular weight is 417 g/mol. The molecule has 0 aliphatic rings. The highest BCUT2D eigenvalue weighted by Gasteiger charge is 2.06. The van der Waals surface area contributed by atoms with Gasteiger partial charge in [0.15, 0.2) is 11.5 Å². The van der Waals surface area contributed by atoms with Crippen molar-refractivity contribution in [1.29, 1.82) is 0 Å². The highest BCUT2D eigenvalue weighted by Crippen LogP contribution is 2.27. The maximum absolute atomic E-state index is 12.0. The summed E-state index contributed by atoms with van der Waals surface area (Å²) in [4.78, 5) is 12.0. The van der Waals surface area contributed by atoms with E-state index < -0.39 is 0 Å². The lowest BCUT2D eigenvalue weighted by Gasteiger charge is -2.11. The standard InChI is InChI=1S/C23H29ClN2O3/c1-3-4-5-6-7-8-15-29-21-14-9-18(16-22(21)28-2)17-25-26-23(27)19-10-12-20(24)13-11-19/h9-14,16-17H,3-8,15H2,1-2H3,(H,26,27)/b25-17+. The third-order valence-corrected chi connectivity index (χ3v) is 4.68. The normalized spacial score (nSPS) is 10.9. The number of hydrogen-bond donors (Lipinski definition) is 1. The fourth-order valence-electron chi connectivity index (χ4n) is 2.78. The van der Waals surface area contributed by atoms with Crippen molar-refractivity contribution in [3.63, 3.8) is 0 Å². The molecule has 2 aromatic carbocycles. The molecule has 0 atom stereocenters. The molecule has 5 nitrogen and oxygen atoms in total. The third-order valence-electron chi connectivity index (χ3n) is 4.43. The quantitative estimate of drug-likeness (QED) is 0.268. The lowest BCUT2D eigenvalue weighted by Crippen LogP contribution is -2.17. The Labute approximate surface area is 178 Å². The van der Waals surface area contributed by atoms with E-state index in [9.17, 15) is 4.79 Å². The molecule has 0 aromatic heterocycles. The zero-order valence-corrected chi connectivity index (χ0v) is 17.9. The van der Waals surface area contributed by atoms with Crippen LogP contribution in [0.1, 0.15) is 61.4 Å². The predicted octanol–water partition coefficient (Wildman–Crippen LogP) is 5.85. The minimum absolute atomic E-state index is 0.302. The molecule has 0 radical (unpaired) electrons. The van der Waals surface area contributed by atoms with Crippen LogP contribution in [0.15, 0.2) is 47.6 Å². The van der Waals surface area contributed by atoms with E-state index in [1.54, 1.807) is 37.6 Å². The first-order valence-corrected chi connectivity index (χ1v) is 10.4. The van der Waals surface area contributed by atoms with Crippen LogP contribution in [-0.2, 0) is 0 Å². The van der Waals surface area contributed by atoms with Crippen LogP contribution >= 0.6 is 11.6 Å². The van der Waals surface area contributed by atoms with E-state index in [4.69, 9.17) is 21.1 Å². The zero-order valence-electron chi connectivity index (χ0n) is 17.1. The van der Waals surface area contributed by atoms with Crippen LogP contribution in [0.5, 0.6) is 11.5 Å². The van der Waals surface area contributed by atoms with Crippen molar-refractivity contribution in [2.75, 3.05) is 13.7 Å². The number of benzene rings is 2. The van der Waals surface area contributed by atoms with Crippen molar-refractivity contribution < 1.29 is 14.3 Å². The fraction of sp³-hybridized carbons (Fsp3) is 0.391. The second kappa shape index (κ2) is 12.8. The van der Waals surface area contributed by atoms with Gasteiger partial charge in [-0.3, -0.25) is 4.79 Å². The molecule has 0 aliphatic carbocycles. The number of nitrogens with zero attached hydrogens (tertiary/aromatic N) is 1. The Hall–Kier alpha value is -2.53. The molecule has 2 aromatic rings. The van der Waals surface area contributed by atoms with E-state index in [-0.39, 0.29) is 5.91 Å². The van der Waals surface area contributed by atoms with Crippen molar-refractivity contribution in [3.05, 3.63) is 58.6 Å². The lowest BCUT2D eigenvalue weighted by molar-refractivity contribution is 0.0955.